The number of phenolic OH excluding ortho intramolecular Hbond substituents is 1. The van der Waals surface area contributed by atoms with Gasteiger partial charge in [0.1, 0.15) is 11.4 Å². The fourth-order valence-corrected chi connectivity index (χ4v) is 4.23. The number of aromatic hydroxyl groups is 1. The molecule has 0 saturated carbocycles. The van der Waals surface area contributed by atoms with Crippen LogP contribution in [0.3, 0.4) is 0 Å². The summed E-state index contributed by atoms with van der Waals surface area (Å²) in [6, 6.07) is 2.83. The van der Waals surface area contributed by atoms with E-state index in [0.717, 1.165) is 25.5 Å². The maximum absolute atomic E-state index is 13.0. The minimum Gasteiger partial charge on any atom is -0.507 e. The van der Waals surface area contributed by atoms with Crippen molar-refractivity contribution >= 4 is 11.8 Å². The summed E-state index contributed by atoms with van der Waals surface area (Å²) in [7, 11) is 0. The second-order valence-corrected chi connectivity index (χ2v) is 9.01. The van der Waals surface area contributed by atoms with Gasteiger partial charge in [-0.2, -0.15) is 13.2 Å². The van der Waals surface area contributed by atoms with E-state index >= 15 is 0 Å². The Labute approximate surface area is 202 Å². The van der Waals surface area contributed by atoms with Gasteiger partial charge in [-0.05, 0) is 63.9 Å². The Bertz CT molecular complexity index is 1050. The molecule has 8 nitrogen and oxygen atoms in total. The lowest BCUT2D eigenvalue weighted by atomic mass is 10.00. The first kappa shape index (κ1) is 26.7. The van der Waals surface area contributed by atoms with Crippen molar-refractivity contribution in [1.82, 2.24) is 15.1 Å². The van der Waals surface area contributed by atoms with Gasteiger partial charge in [0.2, 0.25) is 0 Å². The molecule has 35 heavy (non-hydrogen) atoms. The largest absolute Gasteiger partial charge is 0.507 e. The molecule has 1 aliphatic rings. The molecule has 0 amide bonds. The number of benzene rings is 1. The minimum atomic E-state index is -4.56. The van der Waals surface area contributed by atoms with Crippen LogP contribution in [0.25, 0.3) is 11.3 Å². The van der Waals surface area contributed by atoms with E-state index < -0.39 is 17.5 Å². The molecule has 0 unspecified atom stereocenters. The average Bonchev–Trinajstić information content (AvgIpc) is 2.78. The summed E-state index contributed by atoms with van der Waals surface area (Å²) in [5.41, 5.74) is 6.78. The number of nitrogens with zero attached hydrogens (tertiary/aromatic N) is 3. The minimum absolute atomic E-state index is 0.0641. The van der Waals surface area contributed by atoms with Gasteiger partial charge in [0, 0.05) is 36.8 Å². The molecule has 1 aromatic heterocycles. The number of hydrogen-bond acceptors (Lipinski definition) is 8. The number of anilines is 1. The summed E-state index contributed by atoms with van der Waals surface area (Å²) in [6.07, 6.45) is -2.53. The molecule has 1 fully saturated rings. The number of ether oxygens (including phenoxy) is 1. The molecule has 0 radical (unpaired) electrons. The Morgan fingerprint density at radius 3 is 2.71 bits per heavy atom. The number of rotatable bonds is 8. The van der Waals surface area contributed by atoms with Gasteiger partial charge in [-0.15, -0.1) is 10.2 Å². The van der Waals surface area contributed by atoms with Crippen molar-refractivity contribution in [3.05, 3.63) is 34.9 Å². The van der Waals surface area contributed by atoms with Crippen LogP contribution in [0.4, 0.5) is 19.0 Å². The third-order valence-corrected chi connectivity index (χ3v) is 5.97. The summed E-state index contributed by atoms with van der Waals surface area (Å²) >= 11 is 0. The smallest absolute Gasteiger partial charge is 0.416 e. The van der Waals surface area contributed by atoms with Crippen LogP contribution in [-0.2, 0) is 22.3 Å². The van der Waals surface area contributed by atoms with Crippen LogP contribution in [0.1, 0.15) is 49.8 Å². The fraction of sp³-hybridized carbons (Fsp3) is 0.542. The number of likely N-dealkylation sites (tertiary alicyclic amines) is 1. The highest BCUT2D eigenvalue weighted by molar-refractivity contribution is 5.72. The Morgan fingerprint density at radius 1 is 1.34 bits per heavy atom. The first-order valence-corrected chi connectivity index (χ1v) is 11.6. The molecule has 3 rings (SSSR count). The molecule has 11 heteroatoms. The molecule has 2 aromatic rings. The molecule has 4 N–H and O–H groups in total. The second-order valence-electron chi connectivity index (χ2n) is 9.01. The quantitative estimate of drug-likeness (QED) is 0.474. The first-order chi connectivity index (χ1) is 16.5. The van der Waals surface area contributed by atoms with Gasteiger partial charge in [-0.25, -0.2) is 0 Å². The van der Waals surface area contributed by atoms with Crippen LogP contribution in [0.15, 0.2) is 18.2 Å². The second kappa shape index (κ2) is 11.2. The summed E-state index contributed by atoms with van der Waals surface area (Å²) in [5.74, 6) is -0.241. The van der Waals surface area contributed by atoms with Crippen molar-refractivity contribution in [3.8, 4) is 17.0 Å². The van der Waals surface area contributed by atoms with Crippen molar-refractivity contribution in [1.29, 1.82) is 0 Å². The van der Waals surface area contributed by atoms with Crippen LogP contribution < -0.4 is 11.1 Å². The highest BCUT2D eigenvalue weighted by Crippen LogP contribution is 2.37. The van der Waals surface area contributed by atoms with E-state index in [1.54, 1.807) is 6.92 Å². The van der Waals surface area contributed by atoms with Crippen LogP contribution in [0.2, 0.25) is 0 Å². The third kappa shape index (κ3) is 6.82. The molecular weight excluding hydrogens is 463 g/mol. The van der Waals surface area contributed by atoms with E-state index in [0.29, 0.717) is 42.5 Å². The van der Waals surface area contributed by atoms with Gasteiger partial charge >= 0.3 is 12.1 Å². The van der Waals surface area contributed by atoms with Gasteiger partial charge in [0.25, 0.3) is 0 Å². The zero-order valence-electron chi connectivity index (χ0n) is 20.2. The van der Waals surface area contributed by atoms with Crippen molar-refractivity contribution in [2.75, 3.05) is 25.0 Å². The summed E-state index contributed by atoms with van der Waals surface area (Å²) in [6.45, 7) is 7.72. The van der Waals surface area contributed by atoms with E-state index in [4.69, 9.17) is 10.5 Å². The monoisotopic (exact) mass is 495 g/mol. The number of carbonyl (C=O) groups is 1. The Balaban J connectivity index is 1.73. The lowest BCUT2D eigenvalue weighted by molar-refractivity contribution is -0.147. The van der Waals surface area contributed by atoms with Crippen molar-refractivity contribution in [2.45, 2.75) is 64.9 Å². The van der Waals surface area contributed by atoms with Crippen LogP contribution in [-0.4, -0.2) is 58.0 Å². The number of aromatic nitrogens is 2. The first-order valence-electron chi connectivity index (χ1n) is 11.6. The number of nitrogens with one attached hydrogen (secondary N) is 1. The highest BCUT2D eigenvalue weighted by Gasteiger charge is 2.31. The number of esters is 1. The zero-order chi connectivity index (χ0) is 25.8. The SMILES string of the molecule is Cc1c(-c2ccc(C(F)(F)F)cc2O)nnc(N[C@@H]2CCCN(CCC(=O)OC(C)C)C2)c1CN. The molecule has 1 aliphatic heterocycles. The number of piperidine rings is 1. The molecule has 0 aliphatic carbocycles. The van der Waals surface area contributed by atoms with Crippen molar-refractivity contribution in [3.63, 3.8) is 0 Å². The summed E-state index contributed by atoms with van der Waals surface area (Å²) < 4.78 is 44.1. The number of alkyl halides is 3. The molecular formula is C24H32F3N5O3. The number of carbonyl (C=O) groups excluding carboxylic acids is 1. The van der Waals surface area contributed by atoms with Gasteiger partial charge in [0.15, 0.2) is 5.82 Å². The normalized spacial score (nSPS) is 17.0. The number of phenols is 1. The molecule has 0 bridgehead atoms. The lowest BCUT2D eigenvalue weighted by Gasteiger charge is -2.33. The molecule has 1 atom stereocenters. The predicted molar refractivity (Wildman–Crippen MR) is 126 cm³/mol. The van der Waals surface area contributed by atoms with Crippen molar-refractivity contribution < 1.29 is 27.8 Å². The van der Waals surface area contributed by atoms with E-state index in [1.807, 2.05) is 13.8 Å². The topological polar surface area (TPSA) is 114 Å². The molecule has 192 valence electrons. The van der Waals surface area contributed by atoms with Gasteiger partial charge in [-0.1, -0.05) is 0 Å². The lowest BCUT2D eigenvalue weighted by Crippen LogP contribution is -2.43. The van der Waals surface area contributed by atoms with Gasteiger partial charge in [-0.3, -0.25) is 4.79 Å². The standard InChI is InChI=1S/C24H32F3N5O3/c1-14(2)35-21(34)8-10-32-9-4-5-17(13-32)29-23-19(12-28)15(3)22(30-31-23)18-7-6-16(11-20(18)33)24(25,26)27/h6-7,11,14,17,33H,4-5,8-10,12-13,28H2,1-3H3,(H,29,31)/t17-/m1/s1. The number of halogens is 3. The Hall–Kier alpha value is -2.92. The predicted octanol–water partition coefficient (Wildman–Crippen LogP) is 3.85. The van der Waals surface area contributed by atoms with Gasteiger partial charge < -0.3 is 25.8 Å². The van der Waals surface area contributed by atoms with Crippen LogP contribution in [0.5, 0.6) is 5.75 Å². The van der Waals surface area contributed by atoms with E-state index in [-0.39, 0.29) is 35.9 Å². The maximum Gasteiger partial charge on any atom is 0.416 e. The van der Waals surface area contributed by atoms with Crippen LogP contribution in [0, 0.1) is 6.92 Å². The average molecular weight is 496 g/mol. The highest BCUT2D eigenvalue weighted by atomic mass is 19.4. The van der Waals surface area contributed by atoms with E-state index in [9.17, 15) is 23.1 Å². The molecule has 0 spiro atoms. The third-order valence-electron chi connectivity index (χ3n) is 5.97. The molecule has 2 heterocycles. The zero-order valence-corrected chi connectivity index (χ0v) is 20.2. The summed E-state index contributed by atoms with van der Waals surface area (Å²) in [5, 5.41) is 22.1. The molecule has 1 aromatic carbocycles. The Morgan fingerprint density at radius 2 is 2.09 bits per heavy atom. The fourth-order valence-electron chi connectivity index (χ4n) is 4.23. The van der Waals surface area contributed by atoms with Gasteiger partial charge in [0.05, 0.1) is 18.1 Å². The summed E-state index contributed by atoms with van der Waals surface area (Å²) in [4.78, 5) is 14.1. The van der Waals surface area contributed by atoms with Crippen molar-refractivity contribution in [2.24, 2.45) is 5.73 Å². The Kier molecular flexibility index (Phi) is 8.55. The number of nitrogens with two attached hydrogens (primary N) is 1. The van der Waals surface area contributed by atoms with E-state index in [2.05, 4.69) is 20.4 Å². The van der Waals surface area contributed by atoms with E-state index in [1.165, 1.54) is 6.07 Å². The molecule has 1 saturated heterocycles. The van der Waals surface area contributed by atoms with Crippen LogP contribution >= 0.6 is 0 Å². The maximum atomic E-state index is 13.0. The number of hydrogen-bond donors (Lipinski definition) is 3.